The number of benzene rings is 3. The van der Waals surface area contributed by atoms with Gasteiger partial charge in [-0.25, -0.2) is 0 Å². The van der Waals surface area contributed by atoms with Gasteiger partial charge in [-0.1, -0.05) is 52.0 Å². The maximum Gasteiger partial charge on any atom is 0.270 e. The van der Waals surface area contributed by atoms with Gasteiger partial charge in [-0.2, -0.15) is 0 Å². The number of anilines is 3. The van der Waals surface area contributed by atoms with Crippen LogP contribution in [0.3, 0.4) is 0 Å². The quantitative estimate of drug-likeness (QED) is 0.281. The van der Waals surface area contributed by atoms with E-state index in [1.54, 1.807) is 35.2 Å². The first-order valence-corrected chi connectivity index (χ1v) is 12.7. The van der Waals surface area contributed by atoms with E-state index in [0.717, 1.165) is 21.4 Å². The molecule has 3 aromatic carbocycles. The molecule has 178 valence electrons. The van der Waals surface area contributed by atoms with Crippen molar-refractivity contribution in [2.24, 2.45) is 0 Å². The fraction of sp³-hybridized carbons (Fsp3) is 0.115. The third-order valence-corrected chi connectivity index (χ3v) is 6.92. The van der Waals surface area contributed by atoms with Crippen molar-refractivity contribution < 1.29 is 14.3 Å². The Hall–Kier alpha value is -3.14. The molecule has 0 bridgehead atoms. The van der Waals surface area contributed by atoms with Crippen LogP contribution in [-0.2, 0) is 9.59 Å². The van der Waals surface area contributed by atoms with Crippen molar-refractivity contribution in [2.45, 2.75) is 0 Å². The Morgan fingerprint density at radius 1 is 1.06 bits per heavy atom. The van der Waals surface area contributed by atoms with Crippen LogP contribution in [0.25, 0.3) is 6.08 Å². The zero-order valence-electron chi connectivity index (χ0n) is 19.0. The van der Waals surface area contributed by atoms with Crippen LogP contribution in [0, 0.1) is 0 Å². The highest BCUT2D eigenvalue weighted by molar-refractivity contribution is 9.10. The number of hydrogen-bond donors (Lipinski definition) is 1. The SMILES string of the molecule is CN(C)c1ccc(N2C(=O)/C(=C/c3ccc(OCC(=O)Nc4ccc(Br)cc4)cc3)SC2=S)cc1. The monoisotopic (exact) mass is 567 g/mol. The van der Waals surface area contributed by atoms with E-state index in [-0.39, 0.29) is 18.4 Å². The number of rotatable bonds is 7. The summed E-state index contributed by atoms with van der Waals surface area (Å²) in [4.78, 5) is 29.2. The zero-order chi connectivity index (χ0) is 24.9. The Morgan fingerprint density at radius 3 is 2.34 bits per heavy atom. The summed E-state index contributed by atoms with van der Waals surface area (Å²) >= 11 is 10.1. The average molecular weight is 569 g/mol. The van der Waals surface area contributed by atoms with E-state index in [9.17, 15) is 9.59 Å². The van der Waals surface area contributed by atoms with Crippen molar-refractivity contribution in [3.05, 3.63) is 87.7 Å². The Bertz CT molecular complexity index is 1270. The topological polar surface area (TPSA) is 61.9 Å². The minimum Gasteiger partial charge on any atom is -0.484 e. The summed E-state index contributed by atoms with van der Waals surface area (Å²) in [5.74, 6) is 0.155. The predicted octanol–water partition coefficient (Wildman–Crippen LogP) is 5.94. The Balaban J connectivity index is 1.36. The molecule has 9 heteroatoms. The molecule has 0 spiro atoms. The summed E-state index contributed by atoms with van der Waals surface area (Å²) in [7, 11) is 3.93. The number of nitrogens with zero attached hydrogens (tertiary/aromatic N) is 2. The lowest BCUT2D eigenvalue weighted by molar-refractivity contribution is -0.118. The second kappa shape index (κ2) is 11.1. The second-order valence-corrected chi connectivity index (χ2v) is 10.4. The number of hydrogen-bond acceptors (Lipinski definition) is 6. The molecule has 0 atom stereocenters. The van der Waals surface area contributed by atoms with Gasteiger partial charge in [0, 0.05) is 29.9 Å². The number of thioether (sulfide) groups is 1. The number of amides is 2. The van der Waals surface area contributed by atoms with E-state index in [2.05, 4.69) is 21.2 Å². The molecule has 0 aromatic heterocycles. The van der Waals surface area contributed by atoms with Crippen molar-refractivity contribution in [3.63, 3.8) is 0 Å². The maximum absolute atomic E-state index is 13.0. The number of ether oxygens (including phenoxy) is 1. The molecule has 2 amide bonds. The van der Waals surface area contributed by atoms with E-state index in [1.807, 2.05) is 67.5 Å². The summed E-state index contributed by atoms with van der Waals surface area (Å²) in [5, 5.41) is 2.78. The third kappa shape index (κ3) is 6.30. The minimum absolute atomic E-state index is 0.110. The number of carbonyl (C=O) groups excluding carboxylic acids is 2. The first-order valence-electron chi connectivity index (χ1n) is 10.6. The van der Waals surface area contributed by atoms with Crippen molar-refractivity contribution in [1.82, 2.24) is 0 Å². The summed E-state index contributed by atoms with van der Waals surface area (Å²) in [6, 6.07) is 22.2. The molecule has 1 aliphatic rings. The molecule has 0 aliphatic carbocycles. The molecule has 35 heavy (non-hydrogen) atoms. The Labute approximate surface area is 222 Å². The predicted molar refractivity (Wildman–Crippen MR) is 151 cm³/mol. The number of halogens is 1. The highest BCUT2D eigenvalue weighted by atomic mass is 79.9. The van der Waals surface area contributed by atoms with Crippen LogP contribution in [0.4, 0.5) is 17.1 Å². The van der Waals surface area contributed by atoms with Crippen LogP contribution in [0.1, 0.15) is 5.56 Å². The first kappa shape index (κ1) is 25.0. The van der Waals surface area contributed by atoms with Crippen LogP contribution in [-0.4, -0.2) is 36.8 Å². The summed E-state index contributed by atoms with van der Waals surface area (Å²) in [6.07, 6.45) is 1.80. The molecule has 0 radical (unpaired) electrons. The standard InChI is InChI=1S/C26H22BrN3O3S2/c1-29(2)20-9-11-21(12-10-20)30-25(32)23(35-26(30)34)15-17-3-13-22(14-4-17)33-16-24(31)28-19-7-5-18(27)6-8-19/h3-15H,16H2,1-2H3,(H,28,31)/b23-15-. The Kier molecular flexibility index (Phi) is 7.90. The van der Waals surface area contributed by atoms with Crippen LogP contribution < -0.4 is 19.9 Å². The summed E-state index contributed by atoms with van der Waals surface area (Å²) in [6.45, 7) is -0.110. The van der Waals surface area contributed by atoms with Crippen molar-refractivity contribution in [1.29, 1.82) is 0 Å². The van der Waals surface area contributed by atoms with Crippen molar-refractivity contribution >= 4 is 79.2 Å². The lowest BCUT2D eigenvalue weighted by Crippen LogP contribution is -2.27. The van der Waals surface area contributed by atoms with E-state index in [4.69, 9.17) is 17.0 Å². The van der Waals surface area contributed by atoms with Gasteiger partial charge in [-0.3, -0.25) is 14.5 Å². The molecule has 0 saturated carbocycles. The van der Waals surface area contributed by atoms with Gasteiger partial charge in [0.2, 0.25) is 0 Å². The van der Waals surface area contributed by atoms with Gasteiger partial charge in [0.25, 0.3) is 11.8 Å². The molecule has 1 aliphatic heterocycles. The van der Waals surface area contributed by atoms with E-state index in [1.165, 1.54) is 11.8 Å². The normalized spacial score (nSPS) is 14.4. The second-order valence-electron chi connectivity index (χ2n) is 7.84. The van der Waals surface area contributed by atoms with E-state index < -0.39 is 0 Å². The van der Waals surface area contributed by atoms with Gasteiger partial charge in [0.05, 0.1) is 10.6 Å². The van der Waals surface area contributed by atoms with Gasteiger partial charge in [0.15, 0.2) is 10.9 Å². The molecule has 6 nitrogen and oxygen atoms in total. The molecule has 0 unspecified atom stereocenters. The average Bonchev–Trinajstić information content (AvgIpc) is 3.12. The van der Waals surface area contributed by atoms with Crippen molar-refractivity contribution in [3.8, 4) is 5.75 Å². The molecule has 1 fully saturated rings. The van der Waals surface area contributed by atoms with E-state index >= 15 is 0 Å². The van der Waals surface area contributed by atoms with Crippen LogP contribution in [0.2, 0.25) is 0 Å². The molecule has 1 saturated heterocycles. The third-order valence-electron chi connectivity index (χ3n) is 5.09. The fourth-order valence-corrected chi connectivity index (χ4v) is 4.84. The largest absolute Gasteiger partial charge is 0.484 e. The van der Waals surface area contributed by atoms with Gasteiger partial charge < -0.3 is 15.0 Å². The number of carbonyl (C=O) groups is 2. The van der Waals surface area contributed by atoms with Gasteiger partial charge in [-0.15, -0.1) is 0 Å². The minimum atomic E-state index is -0.251. The molecule has 4 rings (SSSR count). The number of nitrogens with one attached hydrogen (secondary N) is 1. The lowest BCUT2D eigenvalue weighted by Gasteiger charge is -2.17. The molecule has 1 N–H and O–H groups in total. The highest BCUT2D eigenvalue weighted by Gasteiger charge is 2.33. The fourth-order valence-electron chi connectivity index (χ4n) is 3.28. The summed E-state index contributed by atoms with van der Waals surface area (Å²) in [5.41, 5.74) is 3.32. The molecule has 3 aromatic rings. The Morgan fingerprint density at radius 2 is 1.71 bits per heavy atom. The van der Waals surface area contributed by atoms with Crippen LogP contribution in [0.5, 0.6) is 5.75 Å². The van der Waals surface area contributed by atoms with Crippen molar-refractivity contribution in [2.75, 3.05) is 35.8 Å². The van der Waals surface area contributed by atoms with E-state index in [0.29, 0.717) is 20.7 Å². The van der Waals surface area contributed by atoms with Crippen LogP contribution in [0.15, 0.2) is 82.2 Å². The van der Waals surface area contributed by atoms with Crippen LogP contribution >= 0.6 is 39.9 Å². The first-order chi connectivity index (χ1) is 16.8. The molecule has 1 heterocycles. The molecular weight excluding hydrogens is 546 g/mol. The molecular formula is C26H22BrN3O3S2. The zero-order valence-corrected chi connectivity index (χ0v) is 22.2. The highest BCUT2D eigenvalue weighted by Crippen LogP contribution is 2.36. The number of thiocarbonyl (C=S) groups is 1. The lowest BCUT2D eigenvalue weighted by atomic mass is 10.2. The van der Waals surface area contributed by atoms with Gasteiger partial charge in [-0.05, 0) is 72.3 Å². The maximum atomic E-state index is 13.0. The van der Waals surface area contributed by atoms with Gasteiger partial charge >= 0.3 is 0 Å². The smallest absolute Gasteiger partial charge is 0.270 e. The van der Waals surface area contributed by atoms with Gasteiger partial charge in [0.1, 0.15) is 5.75 Å². The summed E-state index contributed by atoms with van der Waals surface area (Å²) < 4.78 is 7.02.